The number of amides is 1. The molecule has 36 heavy (non-hydrogen) atoms. The minimum atomic E-state index is -0.227. The van der Waals surface area contributed by atoms with Crippen molar-refractivity contribution in [2.24, 2.45) is 0 Å². The summed E-state index contributed by atoms with van der Waals surface area (Å²) in [6, 6.07) is 24.9. The molecule has 5 heteroatoms. The molecule has 0 N–H and O–H groups in total. The van der Waals surface area contributed by atoms with Crippen LogP contribution in [0.25, 0.3) is 16.7 Å². The number of benzene rings is 3. The summed E-state index contributed by atoms with van der Waals surface area (Å²) in [5.74, 6) is 0.638. The van der Waals surface area contributed by atoms with E-state index >= 15 is 0 Å². The lowest BCUT2D eigenvalue weighted by Gasteiger charge is -2.44. The van der Waals surface area contributed by atoms with E-state index in [-0.39, 0.29) is 24.1 Å². The predicted octanol–water partition coefficient (Wildman–Crippen LogP) is 6.53. The molecule has 6 rings (SSSR count). The predicted molar refractivity (Wildman–Crippen MR) is 139 cm³/mol. The van der Waals surface area contributed by atoms with Crippen molar-refractivity contribution in [1.82, 2.24) is 4.90 Å². The number of hydrogen-bond acceptors (Lipinski definition) is 4. The smallest absolute Gasteiger partial charge is 0.410 e. The van der Waals surface area contributed by atoms with Crippen molar-refractivity contribution in [3.05, 3.63) is 95.1 Å². The first-order chi connectivity index (χ1) is 17.7. The van der Waals surface area contributed by atoms with Crippen molar-refractivity contribution in [2.45, 2.75) is 43.7 Å². The Morgan fingerprint density at radius 3 is 2.42 bits per heavy atom. The van der Waals surface area contributed by atoms with Crippen molar-refractivity contribution in [3.8, 4) is 22.9 Å². The van der Waals surface area contributed by atoms with Gasteiger partial charge in [0.1, 0.15) is 18.4 Å². The summed E-state index contributed by atoms with van der Waals surface area (Å²) in [5.41, 5.74) is 7.64. The molecular weight excluding hydrogens is 448 g/mol. The Morgan fingerprint density at radius 2 is 1.75 bits per heavy atom. The SMILES string of the molecule is COc1ccc(C2=CC3CCCC(C2)N3C(=O)OCC2c3ccccc3-c3ccccc32)cc1C#N. The van der Waals surface area contributed by atoms with Crippen LogP contribution in [0.15, 0.2) is 72.8 Å². The third-order valence-electron chi connectivity index (χ3n) is 7.87. The maximum absolute atomic E-state index is 13.4. The molecule has 1 fully saturated rings. The molecular formula is C31H28N2O3. The molecule has 0 aromatic heterocycles. The van der Waals surface area contributed by atoms with Gasteiger partial charge >= 0.3 is 6.09 Å². The minimum absolute atomic E-state index is 0.00999. The summed E-state index contributed by atoms with van der Waals surface area (Å²) in [4.78, 5) is 15.4. The van der Waals surface area contributed by atoms with Gasteiger partial charge in [-0.25, -0.2) is 4.79 Å². The molecule has 3 aromatic rings. The molecule has 0 saturated carbocycles. The molecule has 0 spiro atoms. The van der Waals surface area contributed by atoms with Gasteiger partial charge < -0.3 is 9.47 Å². The standard InChI is InChI=1S/C31H28N2O3/c1-35-30-14-13-20(15-22(30)18-32)21-16-23-7-6-8-24(17-21)33(23)31(34)36-19-29-27-11-4-2-9-25(27)26-10-3-5-12-28(26)29/h2-5,9-16,23-24,29H,6-8,17,19H2,1H3. The Kier molecular flexibility index (Phi) is 5.73. The topological polar surface area (TPSA) is 62.6 Å². The first-order valence-electron chi connectivity index (χ1n) is 12.6. The van der Waals surface area contributed by atoms with Gasteiger partial charge in [0, 0.05) is 12.0 Å². The molecule has 2 unspecified atom stereocenters. The lowest BCUT2D eigenvalue weighted by atomic mass is 9.83. The number of nitrogens with zero attached hydrogens (tertiary/aromatic N) is 2. The van der Waals surface area contributed by atoms with Crippen LogP contribution in [0.1, 0.15) is 53.9 Å². The number of hydrogen-bond donors (Lipinski definition) is 0. The highest BCUT2D eigenvalue weighted by Crippen LogP contribution is 2.45. The van der Waals surface area contributed by atoms with E-state index in [4.69, 9.17) is 9.47 Å². The highest BCUT2D eigenvalue weighted by atomic mass is 16.6. The van der Waals surface area contributed by atoms with Crippen LogP contribution in [0.2, 0.25) is 0 Å². The van der Waals surface area contributed by atoms with E-state index in [9.17, 15) is 10.1 Å². The fourth-order valence-electron chi connectivity index (χ4n) is 6.19. The number of ether oxygens (including phenoxy) is 2. The molecule has 0 radical (unpaired) electrons. The van der Waals surface area contributed by atoms with Gasteiger partial charge in [-0.15, -0.1) is 0 Å². The average molecular weight is 477 g/mol. The van der Waals surface area contributed by atoms with E-state index in [1.54, 1.807) is 7.11 Å². The molecule has 1 aliphatic carbocycles. The maximum atomic E-state index is 13.4. The zero-order valence-corrected chi connectivity index (χ0v) is 20.3. The van der Waals surface area contributed by atoms with Crippen LogP contribution in [0, 0.1) is 11.3 Å². The quantitative estimate of drug-likeness (QED) is 0.430. The largest absolute Gasteiger partial charge is 0.495 e. The zero-order chi connectivity index (χ0) is 24.6. The number of rotatable bonds is 4. The Morgan fingerprint density at radius 1 is 1.03 bits per heavy atom. The number of piperidine rings is 1. The van der Waals surface area contributed by atoms with Crippen molar-refractivity contribution >= 4 is 11.7 Å². The molecule has 2 heterocycles. The summed E-state index contributed by atoms with van der Waals surface area (Å²) < 4.78 is 11.3. The van der Waals surface area contributed by atoms with E-state index in [2.05, 4.69) is 60.7 Å². The second-order valence-corrected chi connectivity index (χ2v) is 9.79. The minimum Gasteiger partial charge on any atom is -0.495 e. The van der Waals surface area contributed by atoms with Gasteiger partial charge in [0.2, 0.25) is 0 Å². The molecule has 2 atom stereocenters. The highest BCUT2D eigenvalue weighted by Gasteiger charge is 2.39. The van der Waals surface area contributed by atoms with Gasteiger partial charge in [0.15, 0.2) is 0 Å². The van der Waals surface area contributed by atoms with Crippen LogP contribution in [-0.4, -0.2) is 36.8 Å². The molecule has 2 aliphatic heterocycles. The Hall–Kier alpha value is -4.04. The second kappa shape index (κ2) is 9.20. The van der Waals surface area contributed by atoms with Gasteiger partial charge in [-0.1, -0.05) is 60.7 Å². The molecule has 180 valence electrons. The van der Waals surface area contributed by atoms with Crippen molar-refractivity contribution in [1.29, 1.82) is 5.26 Å². The van der Waals surface area contributed by atoms with Crippen molar-refractivity contribution < 1.29 is 14.3 Å². The van der Waals surface area contributed by atoms with E-state index in [0.29, 0.717) is 17.9 Å². The monoisotopic (exact) mass is 476 g/mol. The molecule has 3 aromatic carbocycles. The zero-order valence-electron chi connectivity index (χ0n) is 20.3. The van der Waals surface area contributed by atoms with E-state index in [0.717, 1.165) is 31.2 Å². The molecule has 3 aliphatic rings. The van der Waals surface area contributed by atoms with Crippen molar-refractivity contribution in [3.63, 3.8) is 0 Å². The maximum Gasteiger partial charge on any atom is 0.410 e. The van der Waals surface area contributed by atoms with Gasteiger partial charge in [-0.2, -0.15) is 5.26 Å². The van der Waals surface area contributed by atoms with Gasteiger partial charge in [-0.3, -0.25) is 4.90 Å². The summed E-state index contributed by atoms with van der Waals surface area (Å²) in [5, 5.41) is 9.50. The summed E-state index contributed by atoms with van der Waals surface area (Å²) in [7, 11) is 1.58. The summed E-state index contributed by atoms with van der Waals surface area (Å²) >= 11 is 0. The summed E-state index contributed by atoms with van der Waals surface area (Å²) in [6.45, 7) is 0.337. The fraction of sp³-hybridized carbons (Fsp3) is 0.290. The normalized spacial score (nSPS) is 20.1. The molecule has 5 nitrogen and oxygen atoms in total. The molecule has 2 bridgehead atoms. The van der Waals surface area contributed by atoms with Crippen molar-refractivity contribution in [2.75, 3.05) is 13.7 Å². The molecule has 1 amide bonds. The number of carbonyl (C=O) groups is 1. The van der Waals surface area contributed by atoms with Crippen LogP contribution in [-0.2, 0) is 4.74 Å². The van der Waals surface area contributed by atoms with Crippen LogP contribution in [0.3, 0.4) is 0 Å². The number of nitriles is 1. The Labute approximate surface area is 211 Å². The van der Waals surface area contributed by atoms with Crippen LogP contribution < -0.4 is 4.74 Å². The first kappa shape index (κ1) is 22.4. The molecule has 1 saturated heterocycles. The fourth-order valence-corrected chi connectivity index (χ4v) is 6.19. The first-order valence-corrected chi connectivity index (χ1v) is 12.6. The van der Waals surface area contributed by atoms with Gasteiger partial charge in [-0.05, 0) is 71.2 Å². The summed E-state index contributed by atoms with van der Waals surface area (Å²) in [6.07, 6.45) is 5.70. The van der Waals surface area contributed by atoms with Crippen LogP contribution in [0.4, 0.5) is 4.79 Å². The lowest BCUT2D eigenvalue weighted by molar-refractivity contribution is 0.0539. The number of carbonyl (C=O) groups excluding carboxylic acids is 1. The average Bonchev–Trinajstić information content (AvgIpc) is 3.24. The Bertz CT molecular complexity index is 1360. The second-order valence-electron chi connectivity index (χ2n) is 9.79. The third-order valence-corrected chi connectivity index (χ3v) is 7.87. The van der Waals surface area contributed by atoms with E-state index in [1.807, 2.05) is 23.1 Å². The van der Waals surface area contributed by atoms with Gasteiger partial charge in [0.25, 0.3) is 0 Å². The van der Waals surface area contributed by atoms with Crippen LogP contribution in [0.5, 0.6) is 5.75 Å². The lowest BCUT2D eigenvalue weighted by Crippen LogP contribution is -2.51. The number of methoxy groups -OCH3 is 1. The Balaban J connectivity index is 1.22. The van der Waals surface area contributed by atoms with E-state index < -0.39 is 0 Å². The van der Waals surface area contributed by atoms with E-state index in [1.165, 1.54) is 27.8 Å². The van der Waals surface area contributed by atoms with Crippen LogP contribution >= 0.6 is 0 Å². The number of fused-ring (bicyclic) bond motifs is 5. The third kappa shape index (κ3) is 3.74. The van der Waals surface area contributed by atoms with Gasteiger partial charge in [0.05, 0.1) is 18.7 Å². The highest BCUT2D eigenvalue weighted by molar-refractivity contribution is 5.79.